The lowest BCUT2D eigenvalue weighted by atomic mass is 10.1. The molecular formula is C17H16N2O2. The molecule has 3 aromatic rings. The molecule has 0 aliphatic carbocycles. The van der Waals surface area contributed by atoms with Crippen molar-refractivity contribution in [2.45, 2.75) is 6.54 Å². The van der Waals surface area contributed by atoms with Crippen LogP contribution in [-0.4, -0.2) is 27.9 Å². The van der Waals surface area contributed by atoms with E-state index >= 15 is 0 Å². The molecule has 0 saturated heterocycles. The molecule has 0 saturated carbocycles. The SMILES string of the molecule is CN(Cc1ccccc1O)C(=O)c1cccc2[nH]ccc12. The number of rotatable bonds is 3. The third-order valence-electron chi connectivity index (χ3n) is 3.57. The zero-order chi connectivity index (χ0) is 14.8. The largest absolute Gasteiger partial charge is 0.508 e. The normalized spacial score (nSPS) is 10.7. The molecule has 1 amide bonds. The number of para-hydroxylation sites is 1. The van der Waals surface area contributed by atoms with E-state index in [1.54, 1.807) is 24.1 Å². The van der Waals surface area contributed by atoms with Crippen molar-refractivity contribution in [3.8, 4) is 5.75 Å². The fourth-order valence-electron chi connectivity index (χ4n) is 2.45. The van der Waals surface area contributed by atoms with E-state index in [1.165, 1.54) is 0 Å². The van der Waals surface area contributed by atoms with E-state index in [0.29, 0.717) is 12.1 Å². The van der Waals surface area contributed by atoms with Gasteiger partial charge in [0.1, 0.15) is 5.75 Å². The number of nitrogens with one attached hydrogen (secondary N) is 1. The van der Waals surface area contributed by atoms with Crippen LogP contribution in [0.3, 0.4) is 0 Å². The summed E-state index contributed by atoms with van der Waals surface area (Å²) in [6.45, 7) is 0.367. The van der Waals surface area contributed by atoms with Gasteiger partial charge in [0.05, 0.1) is 0 Å². The van der Waals surface area contributed by atoms with Gasteiger partial charge in [0, 0.05) is 41.8 Å². The molecule has 0 fully saturated rings. The van der Waals surface area contributed by atoms with Gasteiger partial charge >= 0.3 is 0 Å². The van der Waals surface area contributed by atoms with Crippen LogP contribution in [0.2, 0.25) is 0 Å². The van der Waals surface area contributed by atoms with Crippen molar-refractivity contribution in [3.63, 3.8) is 0 Å². The number of phenols is 1. The first kappa shape index (κ1) is 13.2. The summed E-state index contributed by atoms with van der Waals surface area (Å²) in [5.41, 5.74) is 2.33. The van der Waals surface area contributed by atoms with Crippen LogP contribution in [-0.2, 0) is 6.54 Å². The molecule has 2 aromatic carbocycles. The number of nitrogens with zero attached hydrogens (tertiary/aromatic N) is 1. The second-order valence-corrected chi connectivity index (χ2v) is 5.03. The predicted octanol–water partition coefficient (Wildman–Crippen LogP) is 3.15. The fraction of sp³-hybridized carbons (Fsp3) is 0.118. The van der Waals surface area contributed by atoms with Crippen LogP contribution in [0, 0.1) is 0 Å². The minimum Gasteiger partial charge on any atom is -0.508 e. The maximum atomic E-state index is 12.6. The van der Waals surface area contributed by atoms with Gasteiger partial charge in [0.25, 0.3) is 5.91 Å². The third-order valence-corrected chi connectivity index (χ3v) is 3.57. The second kappa shape index (κ2) is 5.32. The number of fused-ring (bicyclic) bond motifs is 1. The lowest BCUT2D eigenvalue weighted by Crippen LogP contribution is -2.26. The van der Waals surface area contributed by atoms with Gasteiger partial charge in [0.15, 0.2) is 0 Å². The number of benzene rings is 2. The molecule has 0 aliphatic rings. The maximum absolute atomic E-state index is 12.6. The van der Waals surface area contributed by atoms with Gasteiger partial charge in [-0.15, -0.1) is 0 Å². The van der Waals surface area contributed by atoms with Crippen molar-refractivity contribution >= 4 is 16.8 Å². The van der Waals surface area contributed by atoms with Gasteiger partial charge in [-0.05, 0) is 24.3 Å². The van der Waals surface area contributed by atoms with Crippen LogP contribution < -0.4 is 0 Å². The van der Waals surface area contributed by atoms with Gasteiger partial charge in [-0.2, -0.15) is 0 Å². The molecule has 0 unspecified atom stereocenters. The maximum Gasteiger partial charge on any atom is 0.254 e. The average molecular weight is 280 g/mol. The van der Waals surface area contributed by atoms with Crippen molar-refractivity contribution in [3.05, 3.63) is 65.9 Å². The summed E-state index contributed by atoms with van der Waals surface area (Å²) in [6, 6.07) is 14.6. The molecule has 0 aliphatic heterocycles. The number of carbonyl (C=O) groups excluding carboxylic acids is 1. The Balaban J connectivity index is 1.88. The number of amides is 1. The first-order chi connectivity index (χ1) is 10.2. The topological polar surface area (TPSA) is 56.3 Å². The van der Waals surface area contributed by atoms with E-state index in [4.69, 9.17) is 0 Å². The number of hydrogen-bond donors (Lipinski definition) is 2. The lowest BCUT2D eigenvalue weighted by molar-refractivity contribution is 0.0786. The number of aromatic hydroxyl groups is 1. The van der Waals surface area contributed by atoms with E-state index in [2.05, 4.69) is 4.98 Å². The predicted molar refractivity (Wildman–Crippen MR) is 82.2 cm³/mol. The van der Waals surface area contributed by atoms with Crippen molar-refractivity contribution in [1.82, 2.24) is 9.88 Å². The second-order valence-electron chi connectivity index (χ2n) is 5.03. The smallest absolute Gasteiger partial charge is 0.254 e. The minimum absolute atomic E-state index is 0.0662. The number of carbonyl (C=O) groups is 1. The Morgan fingerprint density at radius 2 is 1.95 bits per heavy atom. The molecule has 0 bridgehead atoms. The molecule has 1 aromatic heterocycles. The first-order valence-electron chi connectivity index (χ1n) is 6.75. The van der Waals surface area contributed by atoms with Crippen LogP contribution in [0.15, 0.2) is 54.7 Å². The van der Waals surface area contributed by atoms with Crippen LogP contribution in [0.5, 0.6) is 5.75 Å². The van der Waals surface area contributed by atoms with E-state index in [0.717, 1.165) is 16.5 Å². The van der Waals surface area contributed by atoms with Crippen molar-refractivity contribution in [2.75, 3.05) is 7.05 Å². The van der Waals surface area contributed by atoms with E-state index < -0.39 is 0 Å². The Kier molecular flexibility index (Phi) is 3.36. The van der Waals surface area contributed by atoms with E-state index in [-0.39, 0.29) is 11.7 Å². The number of H-pyrrole nitrogens is 1. The van der Waals surface area contributed by atoms with Crippen LogP contribution in [0.1, 0.15) is 15.9 Å². The molecule has 0 spiro atoms. The van der Waals surface area contributed by atoms with Gasteiger partial charge in [-0.3, -0.25) is 4.79 Å². The molecule has 0 atom stereocenters. The van der Waals surface area contributed by atoms with Crippen LogP contribution >= 0.6 is 0 Å². The number of aromatic nitrogens is 1. The molecule has 0 radical (unpaired) electrons. The number of aromatic amines is 1. The van der Waals surface area contributed by atoms with E-state index in [9.17, 15) is 9.90 Å². The molecular weight excluding hydrogens is 264 g/mol. The fourth-order valence-corrected chi connectivity index (χ4v) is 2.45. The number of phenolic OH excluding ortho intramolecular Hbond substituents is 1. The van der Waals surface area contributed by atoms with Gasteiger partial charge in [-0.1, -0.05) is 24.3 Å². The Labute approximate surface area is 122 Å². The monoisotopic (exact) mass is 280 g/mol. The molecule has 2 N–H and O–H groups in total. The molecule has 3 rings (SSSR count). The highest BCUT2D eigenvalue weighted by Crippen LogP contribution is 2.21. The summed E-state index contributed by atoms with van der Waals surface area (Å²) >= 11 is 0. The molecule has 4 nitrogen and oxygen atoms in total. The summed E-state index contributed by atoms with van der Waals surface area (Å²) in [5, 5.41) is 10.7. The summed E-state index contributed by atoms with van der Waals surface area (Å²) < 4.78 is 0. The Bertz CT molecular complexity index is 792. The van der Waals surface area contributed by atoms with Gasteiger partial charge in [0.2, 0.25) is 0 Å². The van der Waals surface area contributed by atoms with E-state index in [1.807, 2.05) is 42.6 Å². The highest BCUT2D eigenvalue weighted by molar-refractivity contribution is 6.06. The van der Waals surface area contributed by atoms with Gasteiger partial charge < -0.3 is 15.0 Å². The van der Waals surface area contributed by atoms with Crippen molar-refractivity contribution in [2.24, 2.45) is 0 Å². The molecule has 1 heterocycles. The third kappa shape index (κ3) is 2.48. The summed E-state index contributed by atoms with van der Waals surface area (Å²) in [7, 11) is 1.74. The summed E-state index contributed by atoms with van der Waals surface area (Å²) in [4.78, 5) is 17.3. The summed E-state index contributed by atoms with van der Waals surface area (Å²) in [6.07, 6.45) is 1.82. The Morgan fingerprint density at radius 3 is 2.76 bits per heavy atom. The Hall–Kier alpha value is -2.75. The summed E-state index contributed by atoms with van der Waals surface area (Å²) in [5.74, 6) is 0.139. The van der Waals surface area contributed by atoms with Crippen LogP contribution in [0.25, 0.3) is 10.9 Å². The Morgan fingerprint density at radius 1 is 1.14 bits per heavy atom. The van der Waals surface area contributed by atoms with Crippen molar-refractivity contribution < 1.29 is 9.90 Å². The van der Waals surface area contributed by atoms with Gasteiger partial charge in [-0.25, -0.2) is 0 Å². The molecule has 106 valence electrons. The highest BCUT2D eigenvalue weighted by atomic mass is 16.3. The zero-order valence-electron chi connectivity index (χ0n) is 11.7. The first-order valence-corrected chi connectivity index (χ1v) is 6.75. The highest BCUT2D eigenvalue weighted by Gasteiger charge is 2.16. The standard InChI is InChI=1S/C17H16N2O2/c1-19(11-12-5-2-3-8-16(12)20)17(21)14-6-4-7-15-13(14)9-10-18-15/h2-10,18,20H,11H2,1H3. The van der Waals surface area contributed by atoms with Crippen LogP contribution in [0.4, 0.5) is 0 Å². The van der Waals surface area contributed by atoms with Crippen molar-refractivity contribution in [1.29, 1.82) is 0 Å². The minimum atomic E-state index is -0.0662. The number of hydrogen-bond acceptors (Lipinski definition) is 2. The molecule has 4 heteroatoms. The quantitative estimate of drug-likeness (QED) is 0.774. The molecule has 21 heavy (non-hydrogen) atoms. The lowest BCUT2D eigenvalue weighted by Gasteiger charge is -2.18. The average Bonchev–Trinajstić information content (AvgIpc) is 2.97. The zero-order valence-corrected chi connectivity index (χ0v) is 11.7.